The Labute approximate surface area is 57.2 Å². The number of phosphoric acid groups is 1. The van der Waals surface area contributed by atoms with Gasteiger partial charge in [0.25, 0.3) is 0 Å². The maximum absolute atomic E-state index is 9.94. The minimum atomic E-state index is -3.87. The molecule has 8 heteroatoms. The molecule has 5 N–H and O–H groups in total. The molecule has 0 heterocycles. The van der Waals surface area contributed by atoms with Crippen LogP contribution in [0.4, 0.5) is 0 Å². The normalized spacial score (nSPS) is 16.2. The third-order valence-electron chi connectivity index (χ3n) is 0.227. The van der Waals surface area contributed by atoms with E-state index >= 15 is 0 Å². The molecule has 0 saturated carbocycles. The quantitative estimate of drug-likeness (QED) is 0.342. The maximum atomic E-state index is 9.94. The Morgan fingerprint density at radius 1 is 1.75 bits per heavy atom. The second-order valence-corrected chi connectivity index (χ2v) is 3.04. The van der Waals surface area contributed by atoms with Gasteiger partial charge in [-0.05, 0) is 0 Å². The summed E-state index contributed by atoms with van der Waals surface area (Å²) in [5.41, 5.74) is 0. The Balaban J connectivity index is 0. The van der Waals surface area contributed by atoms with Gasteiger partial charge in [-0.2, -0.15) is 0 Å². The number of nitrogens with two attached hydrogens (primary N) is 1. The number of hydrogen-bond acceptors (Lipinski definition) is 4. The van der Waals surface area contributed by atoms with Crippen molar-refractivity contribution < 1.29 is 42.9 Å². The molecule has 0 aliphatic carbocycles. The van der Waals surface area contributed by atoms with Gasteiger partial charge in [-0.15, -0.1) is 0 Å². The van der Waals surface area contributed by atoms with Crippen molar-refractivity contribution in [3.8, 4) is 0 Å². The monoisotopic (exact) mass is 228 g/mol. The van der Waals surface area contributed by atoms with E-state index in [0.29, 0.717) is 0 Å². The molecule has 8 heavy (non-hydrogen) atoms. The van der Waals surface area contributed by atoms with E-state index in [1.54, 1.807) is 0 Å². The molecule has 0 fully saturated rings. The van der Waals surface area contributed by atoms with Crippen molar-refractivity contribution in [2.75, 3.05) is 0 Å². The Bertz CT molecular complexity index is 84.4. The van der Waals surface area contributed by atoms with Crippen molar-refractivity contribution in [2.24, 2.45) is 5.90 Å². The fourth-order valence-electron chi connectivity index (χ4n) is 0.0176. The van der Waals surface area contributed by atoms with E-state index < -0.39 is 7.82 Å². The molecule has 1 atom stereocenters. The summed E-state index contributed by atoms with van der Waals surface area (Å²) in [6.07, 6.45) is 0. The summed E-state index contributed by atoms with van der Waals surface area (Å²) in [4.78, 5) is 8.12. The molecule has 0 aliphatic rings. The predicted molar refractivity (Wildman–Crippen MR) is 19.8 cm³/mol. The van der Waals surface area contributed by atoms with Crippen LogP contribution in [0.5, 0.6) is 0 Å². The van der Waals surface area contributed by atoms with Gasteiger partial charge >= 0.3 is 51.2 Å². The van der Waals surface area contributed by atoms with Gasteiger partial charge in [-0.3, -0.25) is 0 Å². The molecule has 0 amide bonds. The SMILES string of the molecule is NOP(=O)(O)[O][Mo].O. The van der Waals surface area contributed by atoms with Gasteiger partial charge in [0.15, 0.2) is 0 Å². The van der Waals surface area contributed by atoms with Crippen LogP contribution in [0.3, 0.4) is 0 Å². The summed E-state index contributed by atoms with van der Waals surface area (Å²) in [7, 11) is -3.87. The summed E-state index contributed by atoms with van der Waals surface area (Å²) in [6, 6.07) is 0. The van der Waals surface area contributed by atoms with Gasteiger partial charge in [0.2, 0.25) is 0 Å². The Morgan fingerprint density at radius 3 is 2.12 bits per heavy atom. The largest absolute Gasteiger partial charge is 0.412 e. The molecule has 0 spiro atoms. The van der Waals surface area contributed by atoms with Crippen molar-refractivity contribution >= 4 is 7.82 Å². The average molecular weight is 226 g/mol. The first-order valence-electron chi connectivity index (χ1n) is 1.15. The Kier molecular flexibility index (Phi) is 6.59. The minimum Gasteiger partial charge on any atom is -0.412 e. The molecule has 1 unspecified atom stereocenters. The molecule has 0 rings (SSSR count). The third-order valence-corrected chi connectivity index (χ3v) is 2.07. The van der Waals surface area contributed by atoms with E-state index in [1.165, 1.54) is 0 Å². The zero-order valence-corrected chi connectivity index (χ0v) is 6.51. The van der Waals surface area contributed by atoms with Crippen LogP contribution in [-0.4, -0.2) is 10.4 Å². The molecule has 0 aliphatic heterocycles. The topological polar surface area (TPSA) is 113 Å². The molecule has 0 aromatic heterocycles. The van der Waals surface area contributed by atoms with Crippen molar-refractivity contribution in [2.45, 2.75) is 0 Å². The van der Waals surface area contributed by atoms with Crippen LogP contribution in [0.15, 0.2) is 0 Å². The fourth-order valence-corrected chi connectivity index (χ4v) is 0.312. The smallest absolute Gasteiger partial charge is 0.412 e. The van der Waals surface area contributed by atoms with Crippen LogP contribution >= 0.6 is 7.82 Å². The summed E-state index contributed by atoms with van der Waals surface area (Å²) in [5, 5.41) is 0. The first-order valence-corrected chi connectivity index (χ1v) is 3.46. The van der Waals surface area contributed by atoms with E-state index in [4.69, 9.17) is 4.89 Å². The predicted octanol–water partition coefficient (Wildman–Crippen LogP) is -1.37. The van der Waals surface area contributed by atoms with Crippen LogP contribution in [0.25, 0.3) is 0 Å². The second kappa shape index (κ2) is 4.58. The van der Waals surface area contributed by atoms with Crippen molar-refractivity contribution in [3.05, 3.63) is 0 Å². The third kappa shape index (κ3) is 4.87. The fraction of sp³-hybridized carbons (Fsp3) is 0. The van der Waals surface area contributed by atoms with Crippen LogP contribution in [0.1, 0.15) is 0 Å². The standard InChI is InChI=1S/Mo.H4NO4P.H2O/c;1-5-6(2,3)4;/h;1H2,(H2,2,3,4);1H2/q+1;;/p-1. The van der Waals surface area contributed by atoms with Crippen molar-refractivity contribution in [3.63, 3.8) is 0 Å². The first kappa shape index (κ1) is 11.5. The van der Waals surface area contributed by atoms with E-state index in [9.17, 15) is 4.57 Å². The Morgan fingerprint density at radius 2 is 2.12 bits per heavy atom. The summed E-state index contributed by atoms with van der Waals surface area (Å²) in [5.74, 6) is 4.28. The van der Waals surface area contributed by atoms with Crippen LogP contribution in [0.2, 0.25) is 0 Å². The van der Waals surface area contributed by atoms with Gasteiger partial charge in [0.1, 0.15) is 0 Å². The van der Waals surface area contributed by atoms with Crippen molar-refractivity contribution in [1.29, 1.82) is 0 Å². The molecule has 0 aromatic rings. The van der Waals surface area contributed by atoms with Crippen LogP contribution in [-0.2, 0) is 32.6 Å². The van der Waals surface area contributed by atoms with Gasteiger partial charge in [-0.1, -0.05) is 0 Å². The van der Waals surface area contributed by atoms with E-state index in [1.807, 2.05) is 0 Å². The van der Waals surface area contributed by atoms with Crippen LogP contribution < -0.4 is 5.90 Å². The molecule has 0 saturated heterocycles. The molecule has 6 nitrogen and oxygen atoms in total. The molecule has 0 aromatic carbocycles. The van der Waals surface area contributed by atoms with Crippen LogP contribution in [0, 0.1) is 0 Å². The summed E-state index contributed by atoms with van der Waals surface area (Å²) >= 11 is 0.958. The van der Waals surface area contributed by atoms with Gasteiger partial charge in [0.05, 0.1) is 0 Å². The number of rotatable bonds is 2. The first-order chi connectivity index (χ1) is 3.12. The zero-order chi connectivity index (χ0) is 5.91. The molecular weight excluding hydrogens is 221 g/mol. The average Bonchev–Trinajstić information content (AvgIpc) is 1.68. The van der Waals surface area contributed by atoms with Gasteiger partial charge in [0, 0.05) is 0 Å². The number of hydrogen-bond donors (Lipinski definition) is 2. The zero-order valence-electron chi connectivity index (χ0n) is 3.60. The Hall–Kier alpha value is 0.718. The molecule has 0 bridgehead atoms. The molecule has 51 valence electrons. The summed E-state index contributed by atoms with van der Waals surface area (Å²) < 4.78 is 17.3. The van der Waals surface area contributed by atoms with E-state index in [2.05, 4.69) is 13.7 Å². The second-order valence-electron chi connectivity index (χ2n) is 0.649. The maximum Gasteiger partial charge on any atom is -0.412 e. The molecular formula is H5MoNO5P. The van der Waals surface area contributed by atoms with E-state index in [-0.39, 0.29) is 5.48 Å². The van der Waals surface area contributed by atoms with Gasteiger partial charge < -0.3 is 5.48 Å². The summed E-state index contributed by atoms with van der Waals surface area (Å²) in [6.45, 7) is 0. The van der Waals surface area contributed by atoms with E-state index in [0.717, 1.165) is 20.2 Å². The molecule has 0 radical (unpaired) electrons. The van der Waals surface area contributed by atoms with Gasteiger partial charge in [-0.25, -0.2) is 0 Å². The minimum absolute atomic E-state index is 0. The van der Waals surface area contributed by atoms with Crippen molar-refractivity contribution in [1.82, 2.24) is 0 Å².